The second kappa shape index (κ2) is 36.1. The van der Waals surface area contributed by atoms with Crippen LogP contribution in [0.4, 0.5) is 0 Å². The number of allylic oxidation sites excluding steroid dienone is 3. The first-order chi connectivity index (χ1) is 8.55. The maximum atomic E-state index is 10.3. The molecule has 0 aromatic carbocycles. The summed E-state index contributed by atoms with van der Waals surface area (Å²) in [5.41, 5.74) is 0. The van der Waals surface area contributed by atoms with E-state index >= 15 is 0 Å². The first-order valence-electron chi connectivity index (χ1n) is 5.55. The average molecular weight is 256 g/mol. The fourth-order valence-electron chi connectivity index (χ4n) is 0.285. The monoisotopic (exact) mass is 256 g/mol. The van der Waals surface area contributed by atoms with E-state index in [9.17, 15) is 4.79 Å². The lowest BCUT2D eigenvalue weighted by Crippen LogP contribution is -2.06. The molecule has 0 bridgehead atoms. The zero-order valence-electron chi connectivity index (χ0n) is 12.3. The summed E-state index contributed by atoms with van der Waals surface area (Å²) in [6.45, 7) is 19.7. The van der Waals surface area contributed by atoms with Gasteiger partial charge in [0.1, 0.15) is 6.61 Å². The molecular weight excluding hydrogens is 228 g/mol. The van der Waals surface area contributed by atoms with Crippen LogP contribution in [0.5, 0.6) is 0 Å². The SMILES string of the molecule is C=CC.C=CC.C=CC.C=CC(=O)OCCOC. The molecule has 0 radical (unpaired) electrons. The molecule has 3 heteroatoms. The molecule has 0 fully saturated rings. The zero-order valence-corrected chi connectivity index (χ0v) is 12.3. The summed E-state index contributed by atoms with van der Waals surface area (Å²) in [4.78, 5) is 10.3. The zero-order chi connectivity index (χ0) is 15.2. The Labute approximate surface area is 112 Å². The van der Waals surface area contributed by atoms with Crippen molar-refractivity contribution in [2.75, 3.05) is 20.3 Å². The van der Waals surface area contributed by atoms with Crippen LogP contribution in [0, 0.1) is 0 Å². The molecule has 0 N–H and O–H groups in total. The maximum Gasteiger partial charge on any atom is 0.330 e. The van der Waals surface area contributed by atoms with Crippen molar-refractivity contribution in [1.82, 2.24) is 0 Å². The number of rotatable bonds is 4. The second-order valence-electron chi connectivity index (χ2n) is 2.59. The van der Waals surface area contributed by atoms with Crippen molar-refractivity contribution in [2.45, 2.75) is 20.8 Å². The van der Waals surface area contributed by atoms with E-state index in [4.69, 9.17) is 0 Å². The van der Waals surface area contributed by atoms with Gasteiger partial charge in [-0.2, -0.15) is 0 Å². The van der Waals surface area contributed by atoms with Gasteiger partial charge in [0.25, 0.3) is 0 Å². The Balaban J connectivity index is -0.0000000902. The van der Waals surface area contributed by atoms with Gasteiger partial charge in [0.05, 0.1) is 6.61 Å². The number of carbonyl (C=O) groups is 1. The maximum absolute atomic E-state index is 10.3. The summed E-state index contributed by atoms with van der Waals surface area (Å²) in [6, 6.07) is 0. The lowest BCUT2D eigenvalue weighted by molar-refractivity contribution is -0.138. The molecule has 0 saturated carbocycles. The number of hydrogen-bond acceptors (Lipinski definition) is 3. The number of esters is 1. The molecule has 0 aliphatic rings. The van der Waals surface area contributed by atoms with Gasteiger partial charge in [-0.05, 0) is 20.8 Å². The summed E-state index contributed by atoms with van der Waals surface area (Å²) in [5, 5.41) is 0. The van der Waals surface area contributed by atoms with Gasteiger partial charge in [-0.1, -0.05) is 24.8 Å². The Hall–Kier alpha value is -1.61. The van der Waals surface area contributed by atoms with Gasteiger partial charge >= 0.3 is 5.97 Å². The van der Waals surface area contributed by atoms with Crippen molar-refractivity contribution in [3.05, 3.63) is 50.6 Å². The molecule has 0 aromatic rings. The van der Waals surface area contributed by atoms with Crippen LogP contribution in [-0.2, 0) is 14.3 Å². The molecule has 0 unspecified atom stereocenters. The minimum atomic E-state index is -0.410. The van der Waals surface area contributed by atoms with E-state index in [-0.39, 0.29) is 0 Å². The summed E-state index contributed by atoms with van der Waals surface area (Å²) in [7, 11) is 1.54. The molecule has 18 heavy (non-hydrogen) atoms. The smallest absolute Gasteiger partial charge is 0.330 e. The average Bonchev–Trinajstić information content (AvgIpc) is 2.32. The third kappa shape index (κ3) is 88.8. The summed E-state index contributed by atoms with van der Waals surface area (Å²) in [5.74, 6) is -0.410. The Morgan fingerprint density at radius 3 is 1.50 bits per heavy atom. The third-order valence-electron chi connectivity index (χ3n) is 0.698. The van der Waals surface area contributed by atoms with Gasteiger partial charge in [0.15, 0.2) is 0 Å². The van der Waals surface area contributed by atoms with E-state index in [0.717, 1.165) is 6.08 Å². The molecule has 0 atom stereocenters. The van der Waals surface area contributed by atoms with E-state index in [1.54, 1.807) is 25.3 Å². The van der Waals surface area contributed by atoms with Crippen molar-refractivity contribution in [3.63, 3.8) is 0 Å². The Bertz CT molecular complexity index is 182. The molecule has 0 heterocycles. The van der Waals surface area contributed by atoms with Crippen molar-refractivity contribution in [2.24, 2.45) is 0 Å². The van der Waals surface area contributed by atoms with Crippen molar-refractivity contribution >= 4 is 5.97 Å². The van der Waals surface area contributed by atoms with Crippen LogP contribution >= 0.6 is 0 Å². The van der Waals surface area contributed by atoms with Crippen LogP contribution in [0.25, 0.3) is 0 Å². The molecule has 3 nitrogen and oxygen atoms in total. The molecule has 0 amide bonds. The molecule has 0 saturated heterocycles. The largest absolute Gasteiger partial charge is 0.460 e. The predicted octanol–water partition coefficient (Wildman–Crippen LogP) is 3.94. The Morgan fingerprint density at radius 1 is 0.944 bits per heavy atom. The Morgan fingerprint density at radius 2 is 1.28 bits per heavy atom. The first-order valence-corrected chi connectivity index (χ1v) is 5.55. The number of carbonyl (C=O) groups excluding carboxylic acids is 1. The first kappa shape index (κ1) is 25.3. The highest BCUT2D eigenvalue weighted by molar-refractivity contribution is 5.81. The lowest BCUT2D eigenvalue weighted by atomic mass is 10.6. The van der Waals surface area contributed by atoms with E-state index in [2.05, 4.69) is 35.8 Å². The van der Waals surface area contributed by atoms with Gasteiger partial charge < -0.3 is 9.47 Å². The molecule has 0 aromatic heterocycles. The highest BCUT2D eigenvalue weighted by atomic mass is 16.6. The van der Waals surface area contributed by atoms with Crippen LogP contribution < -0.4 is 0 Å². The van der Waals surface area contributed by atoms with Crippen molar-refractivity contribution < 1.29 is 14.3 Å². The molecule has 0 spiro atoms. The van der Waals surface area contributed by atoms with Crippen LogP contribution in [0.15, 0.2) is 50.6 Å². The second-order valence-corrected chi connectivity index (χ2v) is 2.59. The predicted molar refractivity (Wildman–Crippen MR) is 80.6 cm³/mol. The number of methoxy groups -OCH3 is 1. The van der Waals surface area contributed by atoms with Gasteiger partial charge in [0.2, 0.25) is 0 Å². The molecule has 0 aliphatic heterocycles. The fraction of sp³-hybridized carbons (Fsp3) is 0.400. The number of ether oxygens (including phenoxy) is 2. The summed E-state index contributed by atoms with van der Waals surface area (Å²) in [6.07, 6.45) is 6.37. The number of hydrogen-bond donors (Lipinski definition) is 0. The molecule has 106 valence electrons. The fourth-order valence-corrected chi connectivity index (χ4v) is 0.285. The summed E-state index contributed by atoms with van der Waals surface area (Å²) >= 11 is 0. The molecule has 0 rings (SSSR count). The van der Waals surface area contributed by atoms with Gasteiger partial charge in [-0.3, -0.25) is 0 Å². The quantitative estimate of drug-likeness (QED) is 0.331. The van der Waals surface area contributed by atoms with Gasteiger partial charge in [0, 0.05) is 13.2 Å². The van der Waals surface area contributed by atoms with Crippen molar-refractivity contribution in [1.29, 1.82) is 0 Å². The van der Waals surface area contributed by atoms with Crippen LogP contribution in [0.3, 0.4) is 0 Å². The standard InChI is InChI=1S/C6H10O3.3C3H6/c1-3-6(7)9-5-4-8-2;3*1-3-2/h3H,1,4-5H2,2H3;3*3H,1H2,2H3. The van der Waals surface area contributed by atoms with Crippen LogP contribution in [-0.4, -0.2) is 26.3 Å². The minimum Gasteiger partial charge on any atom is -0.460 e. The normalized spacial score (nSPS) is 6.44. The summed E-state index contributed by atoms with van der Waals surface area (Å²) < 4.78 is 9.17. The third-order valence-corrected chi connectivity index (χ3v) is 0.698. The Kier molecular flexibility index (Phi) is 50.8. The van der Waals surface area contributed by atoms with Crippen LogP contribution in [0.1, 0.15) is 20.8 Å². The van der Waals surface area contributed by atoms with E-state index < -0.39 is 5.97 Å². The van der Waals surface area contributed by atoms with Crippen LogP contribution in [0.2, 0.25) is 0 Å². The van der Waals surface area contributed by atoms with Gasteiger partial charge in [-0.15, -0.1) is 19.7 Å². The molecule has 0 aliphatic carbocycles. The van der Waals surface area contributed by atoms with E-state index in [0.29, 0.717) is 13.2 Å². The molecular formula is C15H28O3. The van der Waals surface area contributed by atoms with Gasteiger partial charge in [-0.25, -0.2) is 4.79 Å². The van der Waals surface area contributed by atoms with E-state index in [1.165, 1.54) is 0 Å². The topological polar surface area (TPSA) is 35.5 Å². The van der Waals surface area contributed by atoms with Crippen molar-refractivity contribution in [3.8, 4) is 0 Å². The highest BCUT2D eigenvalue weighted by Crippen LogP contribution is 1.78. The minimum absolute atomic E-state index is 0.293. The highest BCUT2D eigenvalue weighted by Gasteiger charge is 1.91. The van der Waals surface area contributed by atoms with E-state index in [1.807, 2.05) is 20.8 Å². The lowest BCUT2D eigenvalue weighted by Gasteiger charge is -1.98.